The molecule has 3 aromatic rings. The lowest BCUT2D eigenvalue weighted by molar-refractivity contribution is 0.197. The molecule has 0 fully saturated rings. The molecule has 2 N–H and O–H groups in total. The van der Waals surface area contributed by atoms with Crippen LogP contribution in [0.15, 0.2) is 43.1 Å². The fourth-order valence-electron chi connectivity index (χ4n) is 1.78. The Morgan fingerprint density at radius 2 is 2.21 bits per heavy atom. The Balaban J connectivity index is 2.07. The number of hydrogen-bond acceptors (Lipinski definition) is 5. The Bertz CT molecular complexity index is 738. The summed E-state index contributed by atoms with van der Waals surface area (Å²) in [6, 6.07) is 5.29. The van der Waals surface area contributed by atoms with E-state index in [4.69, 9.17) is 5.11 Å². The highest BCUT2D eigenvalue weighted by Gasteiger charge is 2.11. The van der Waals surface area contributed by atoms with Crippen molar-refractivity contribution in [2.24, 2.45) is 0 Å². The molecule has 0 aromatic carbocycles. The van der Waals surface area contributed by atoms with Crippen LogP contribution in [0, 0.1) is 0 Å². The van der Waals surface area contributed by atoms with E-state index in [1.807, 2.05) is 6.07 Å². The van der Waals surface area contributed by atoms with Crippen LogP contribution in [0.25, 0.3) is 11.0 Å². The number of nitrogens with zero attached hydrogens (tertiary/aromatic N) is 4. The molecule has 0 unspecified atom stereocenters. The maximum Gasteiger partial charge on any atom is 0.417 e. The van der Waals surface area contributed by atoms with Crippen molar-refractivity contribution in [3.8, 4) is 0 Å². The molecule has 7 nitrogen and oxygen atoms in total. The highest BCUT2D eigenvalue weighted by molar-refractivity contribution is 5.93. The van der Waals surface area contributed by atoms with E-state index in [9.17, 15) is 4.79 Å². The van der Waals surface area contributed by atoms with E-state index in [1.54, 1.807) is 24.5 Å². The lowest BCUT2D eigenvalue weighted by Crippen LogP contribution is -2.07. The standard InChI is InChI=1S/C12H9N5O2/c18-12(19)17-5-3-9-10(14-7-15-11(9)17)16-8-2-1-4-13-6-8/h1-7H,(H,18,19)(H,14,15,16). The molecule has 0 bridgehead atoms. The zero-order valence-corrected chi connectivity index (χ0v) is 9.69. The summed E-state index contributed by atoms with van der Waals surface area (Å²) in [5.74, 6) is 0.540. The molecule has 0 saturated carbocycles. The average molecular weight is 255 g/mol. The molecule has 0 atom stereocenters. The van der Waals surface area contributed by atoms with Crippen molar-refractivity contribution in [1.29, 1.82) is 0 Å². The van der Waals surface area contributed by atoms with Crippen LogP contribution in [0.4, 0.5) is 16.3 Å². The van der Waals surface area contributed by atoms with Gasteiger partial charge in [-0.2, -0.15) is 0 Å². The van der Waals surface area contributed by atoms with Crippen LogP contribution < -0.4 is 5.32 Å². The van der Waals surface area contributed by atoms with Crippen molar-refractivity contribution in [3.63, 3.8) is 0 Å². The van der Waals surface area contributed by atoms with E-state index in [1.165, 1.54) is 12.5 Å². The fourth-order valence-corrected chi connectivity index (χ4v) is 1.78. The molecule has 0 aliphatic heterocycles. The Morgan fingerprint density at radius 3 is 2.95 bits per heavy atom. The van der Waals surface area contributed by atoms with Gasteiger partial charge in [-0.1, -0.05) is 0 Å². The van der Waals surface area contributed by atoms with E-state index in [0.29, 0.717) is 16.9 Å². The largest absolute Gasteiger partial charge is 0.464 e. The topological polar surface area (TPSA) is 92.9 Å². The fraction of sp³-hybridized carbons (Fsp3) is 0. The van der Waals surface area contributed by atoms with Crippen molar-refractivity contribution in [2.75, 3.05) is 5.32 Å². The zero-order valence-electron chi connectivity index (χ0n) is 9.69. The van der Waals surface area contributed by atoms with Crippen molar-refractivity contribution in [3.05, 3.63) is 43.1 Å². The third kappa shape index (κ3) is 1.97. The monoisotopic (exact) mass is 255 g/mol. The summed E-state index contributed by atoms with van der Waals surface area (Å²) in [6.45, 7) is 0. The quantitative estimate of drug-likeness (QED) is 0.728. The summed E-state index contributed by atoms with van der Waals surface area (Å²) >= 11 is 0. The number of rotatable bonds is 2. The average Bonchev–Trinajstić information content (AvgIpc) is 2.85. The van der Waals surface area contributed by atoms with Crippen molar-refractivity contribution in [1.82, 2.24) is 19.5 Å². The number of hydrogen-bond donors (Lipinski definition) is 2. The number of fused-ring (bicyclic) bond motifs is 1. The molecule has 94 valence electrons. The summed E-state index contributed by atoms with van der Waals surface area (Å²) in [7, 11) is 0. The van der Waals surface area contributed by atoms with Gasteiger partial charge in [0.15, 0.2) is 5.65 Å². The molecule has 0 amide bonds. The minimum atomic E-state index is -1.08. The first kappa shape index (κ1) is 11.1. The molecule has 0 aliphatic carbocycles. The lowest BCUT2D eigenvalue weighted by Gasteiger charge is -2.05. The maximum atomic E-state index is 11.0. The summed E-state index contributed by atoms with van der Waals surface area (Å²) in [4.78, 5) is 23.1. The predicted octanol–water partition coefficient (Wildman–Crippen LogP) is 2.10. The minimum absolute atomic E-state index is 0.342. The Morgan fingerprint density at radius 1 is 1.32 bits per heavy atom. The Kier molecular flexibility index (Phi) is 2.57. The molecule has 3 rings (SSSR count). The van der Waals surface area contributed by atoms with Crippen LogP contribution in [0.1, 0.15) is 0 Å². The van der Waals surface area contributed by atoms with Crippen LogP contribution in [-0.2, 0) is 0 Å². The van der Waals surface area contributed by atoms with Crippen LogP contribution in [0.2, 0.25) is 0 Å². The van der Waals surface area contributed by atoms with Gasteiger partial charge < -0.3 is 10.4 Å². The molecule has 7 heteroatoms. The number of pyridine rings is 1. The second-order valence-corrected chi connectivity index (χ2v) is 3.79. The molecular formula is C12H9N5O2. The highest BCUT2D eigenvalue weighted by atomic mass is 16.4. The first-order chi connectivity index (χ1) is 9.25. The van der Waals surface area contributed by atoms with E-state index < -0.39 is 6.09 Å². The lowest BCUT2D eigenvalue weighted by atomic mass is 10.3. The first-order valence-electron chi connectivity index (χ1n) is 5.48. The van der Waals surface area contributed by atoms with Crippen molar-refractivity contribution in [2.45, 2.75) is 0 Å². The number of carboxylic acid groups (broad SMARTS) is 1. The van der Waals surface area contributed by atoms with Gasteiger partial charge in [-0.15, -0.1) is 0 Å². The molecule has 0 spiro atoms. The van der Waals surface area contributed by atoms with E-state index in [2.05, 4.69) is 20.3 Å². The zero-order chi connectivity index (χ0) is 13.2. The molecule has 3 heterocycles. The molecule has 0 saturated heterocycles. The summed E-state index contributed by atoms with van der Waals surface area (Å²) in [6.07, 6.45) is 5.00. The van der Waals surface area contributed by atoms with Crippen LogP contribution >= 0.6 is 0 Å². The molecule has 19 heavy (non-hydrogen) atoms. The second-order valence-electron chi connectivity index (χ2n) is 3.79. The molecule has 3 aromatic heterocycles. The summed E-state index contributed by atoms with van der Waals surface area (Å²) in [5.41, 5.74) is 1.11. The van der Waals surface area contributed by atoms with Crippen LogP contribution in [-0.4, -0.2) is 30.7 Å². The van der Waals surface area contributed by atoms with Gasteiger partial charge in [0.05, 0.1) is 17.3 Å². The van der Waals surface area contributed by atoms with Gasteiger partial charge in [-0.3, -0.25) is 4.98 Å². The number of nitrogens with one attached hydrogen (secondary N) is 1. The first-order valence-corrected chi connectivity index (χ1v) is 5.48. The predicted molar refractivity (Wildman–Crippen MR) is 68.5 cm³/mol. The third-order valence-corrected chi connectivity index (χ3v) is 2.61. The Labute approximate surface area is 107 Å². The van der Waals surface area contributed by atoms with Gasteiger partial charge in [0.2, 0.25) is 0 Å². The van der Waals surface area contributed by atoms with Crippen LogP contribution in [0.3, 0.4) is 0 Å². The van der Waals surface area contributed by atoms with E-state index >= 15 is 0 Å². The third-order valence-electron chi connectivity index (χ3n) is 2.61. The highest BCUT2D eigenvalue weighted by Crippen LogP contribution is 2.23. The van der Waals surface area contributed by atoms with Crippen molar-refractivity contribution >= 4 is 28.6 Å². The van der Waals surface area contributed by atoms with Gasteiger partial charge in [0.1, 0.15) is 12.1 Å². The normalized spacial score (nSPS) is 10.5. The van der Waals surface area contributed by atoms with E-state index in [-0.39, 0.29) is 0 Å². The second kappa shape index (κ2) is 4.37. The smallest absolute Gasteiger partial charge is 0.417 e. The number of aromatic nitrogens is 4. The SMILES string of the molecule is O=C(O)n1ccc2c(Nc3cccnc3)ncnc21. The molecular weight excluding hydrogens is 246 g/mol. The maximum absolute atomic E-state index is 11.0. The molecule has 0 aliphatic rings. The van der Waals surface area contributed by atoms with Gasteiger partial charge in [0, 0.05) is 12.4 Å². The Hall–Kier alpha value is -2.96. The van der Waals surface area contributed by atoms with Gasteiger partial charge >= 0.3 is 6.09 Å². The van der Waals surface area contributed by atoms with Gasteiger partial charge in [-0.25, -0.2) is 19.3 Å². The number of anilines is 2. The van der Waals surface area contributed by atoms with Gasteiger partial charge in [0.25, 0.3) is 0 Å². The molecule has 0 radical (unpaired) electrons. The van der Waals surface area contributed by atoms with Crippen LogP contribution in [0.5, 0.6) is 0 Å². The van der Waals surface area contributed by atoms with Crippen molar-refractivity contribution < 1.29 is 9.90 Å². The van der Waals surface area contributed by atoms with E-state index in [0.717, 1.165) is 10.3 Å². The van der Waals surface area contributed by atoms with Gasteiger partial charge in [-0.05, 0) is 18.2 Å². The number of carbonyl (C=O) groups is 1. The summed E-state index contributed by atoms with van der Waals surface area (Å²) in [5, 5.41) is 12.7. The summed E-state index contributed by atoms with van der Waals surface area (Å²) < 4.78 is 1.05. The minimum Gasteiger partial charge on any atom is -0.464 e.